The highest BCUT2D eigenvalue weighted by atomic mass is 16.6. The van der Waals surface area contributed by atoms with E-state index in [4.69, 9.17) is 4.74 Å². The van der Waals surface area contributed by atoms with Crippen LogP contribution in [0.2, 0.25) is 0 Å². The van der Waals surface area contributed by atoms with Crippen molar-refractivity contribution in [1.29, 1.82) is 0 Å². The summed E-state index contributed by atoms with van der Waals surface area (Å²) < 4.78 is 5.04. The molecule has 1 aromatic carbocycles. The third kappa shape index (κ3) is 7.35. The molecule has 1 fully saturated rings. The molecule has 3 N–H and O–H groups in total. The Labute approximate surface area is 175 Å². The van der Waals surface area contributed by atoms with Gasteiger partial charge in [0, 0.05) is 30.6 Å². The summed E-state index contributed by atoms with van der Waals surface area (Å²) in [6, 6.07) is 9.22. The number of hydrogen-bond donors (Lipinski definition) is 2. The van der Waals surface area contributed by atoms with E-state index >= 15 is 0 Å². The third-order valence-electron chi connectivity index (χ3n) is 5.56. The molecule has 0 bridgehead atoms. The van der Waals surface area contributed by atoms with E-state index in [1.165, 1.54) is 11.1 Å². The molecule has 162 valence electrons. The molecule has 1 aliphatic heterocycles. The number of nitrogens with one attached hydrogen (secondary N) is 1. The average molecular weight is 405 g/mol. The Bertz CT molecular complexity index is 637. The van der Waals surface area contributed by atoms with E-state index in [0.717, 1.165) is 25.7 Å². The molecule has 1 heterocycles. The number of amides is 2. The fraction of sp³-hybridized carbons (Fsp3) is 0.652. The molecule has 0 radical (unpaired) electrons. The fourth-order valence-electron chi connectivity index (χ4n) is 3.93. The zero-order valence-electron chi connectivity index (χ0n) is 18.4. The second-order valence-corrected chi connectivity index (χ2v) is 8.23. The van der Waals surface area contributed by atoms with Crippen molar-refractivity contribution in [3.05, 3.63) is 35.4 Å². The zero-order valence-corrected chi connectivity index (χ0v) is 18.4. The van der Waals surface area contributed by atoms with Gasteiger partial charge in [0.1, 0.15) is 6.04 Å². The van der Waals surface area contributed by atoms with Gasteiger partial charge in [0.25, 0.3) is 5.91 Å². The number of quaternary nitrogens is 1. The molecule has 1 aliphatic rings. The molecule has 29 heavy (non-hydrogen) atoms. The second-order valence-electron chi connectivity index (χ2n) is 8.23. The molecule has 2 amide bonds. The number of aryl methyl sites for hydroxylation is 1. The maximum atomic E-state index is 12.5. The van der Waals surface area contributed by atoms with E-state index in [0.29, 0.717) is 32.2 Å². The van der Waals surface area contributed by atoms with Crippen LogP contribution in [0.3, 0.4) is 0 Å². The summed E-state index contributed by atoms with van der Waals surface area (Å²) in [7, 11) is 0. The number of hydrogen-bond acceptors (Lipinski definition) is 3. The lowest BCUT2D eigenvalue weighted by atomic mass is 9.94. The number of likely N-dealkylation sites (tertiary alicyclic amines) is 1. The minimum atomic E-state index is -0.254. The first-order valence-corrected chi connectivity index (χ1v) is 11.1. The predicted octanol–water partition coefficient (Wildman–Crippen LogP) is 2.64. The molecule has 1 atom stereocenters. The van der Waals surface area contributed by atoms with E-state index in [1.807, 2.05) is 6.92 Å². The third-order valence-corrected chi connectivity index (χ3v) is 5.56. The van der Waals surface area contributed by atoms with Gasteiger partial charge in [-0.2, -0.15) is 0 Å². The Balaban J connectivity index is 1.80. The van der Waals surface area contributed by atoms with Crippen LogP contribution in [0, 0.1) is 5.92 Å². The quantitative estimate of drug-likeness (QED) is 0.664. The molecular formula is C23H38N3O3+. The number of nitrogens with two attached hydrogens (primary N) is 1. The Hall–Kier alpha value is -2.08. The van der Waals surface area contributed by atoms with Crippen LogP contribution in [0.5, 0.6) is 0 Å². The second kappa shape index (κ2) is 11.8. The van der Waals surface area contributed by atoms with E-state index in [1.54, 1.807) is 4.90 Å². The highest BCUT2D eigenvalue weighted by Crippen LogP contribution is 2.18. The Kier molecular flexibility index (Phi) is 9.45. The topological polar surface area (TPSA) is 75.3 Å². The van der Waals surface area contributed by atoms with Gasteiger partial charge in [0.2, 0.25) is 0 Å². The summed E-state index contributed by atoms with van der Waals surface area (Å²) in [4.78, 5) is 26.0. The molecule has 0 aliphatic carbocycles. The highest BCUT2D eigenvalue weighted by molar-refractivity contribution is 5.77. The summed E-state index contributed by atoms with van der Waals surface area (Å²) >= 11 is 0. The van der Waals surface area contributed by atoms with Crippen LogP contribution in [-0.4, -0.2) is 49.2 Å². The van der Waals surface area contributed by atoms with Crippen molar-refractivity contribution in [2.24, 2.45) is 5.92 Å². The molecule has 0 saturated carbocycles. The normalized spacial score (nSPS) is 16.0. The summed E-state index contributed by atoms with van der Waals surface area (Å²) in [6.07, 6.45) is 3.55. The maximum Gasteiger partial charge on any atom is 0.409 e. The number of carbonyl (C=O) groups is 2. The van der Waals surface area contributed by atoms with Gasteiger partial charge in [0.05, 0.1) is 6.61 Å². The zero-order chi connectivity index (χ0) is 21.2. The predicted molar refractivity (Wildman–Crippen MR) is 115 cm³/mol. The SMILES string of the molecule is CCCc1ccc([C@H]([NH2+]CC(=O)NC2CCN(C(=O)OCC)CC2)C(C)C)cc1. The monoisotopic (exact) mass is 404 g/mol. The minimum absolute atomic E-state index is 0.0628. The van der Waals surface area contributed by atoms with Crippen LogP contribution >= 0.6 is 0 Å². The van der Waals surface area contributed by atoms with Gasteiger partial charge >= 0.3 is 6.09 Å². The standard InChI is InChI=1S/C23H37N3O3/c1-5-7-18-8-10-19(11-9-18)22(17(3)4)24-16-21(27)25-20-12-14-26(15-13-20)23(28)29-6-2/h8-11,17,20,22,24H,5-7,12-16H2,1-4H3,(H,25,27)/p+1/t22-/m1/s1. The Morgan fingerprint density at radius 3 is 2.38 bits per heavy atom. The summed E-state index contributed by atoms with van der Waals surface area (Å²) in [5, 5.41) is 5.27. The lowest BCUT2D eigenvalue weighted by Gasteiger charge is -2.31. The van der Waals surface area contributed by atoms with Crippen molar-refractivity contribution in [1.82, 2.24) is 10.2 Å². The first kappa shape index (κ1) is 23.2. The summed E-state index contributed by atoms with van der Waals surface area (Å²) in [5.74, 6) is 0.500. The van der Waals surface area contributed by atoms with E-state index < -0.39 is 0 Å². The minimum Gasteiger partial charge on any atom is -0.450 e. The van der Waals surface area contributed by atoms with Crippen LogP contribution in [-0.2, 0) is 16.0 Å². The van der Waals surface area contributed by atoms with Crippen LogP contribution < -0.4 is 10.6 Å². The molecular weight excluding hydrogens is 366 g/mol. The number of piperidine rings is 1. The van der Waals surface area contributed by atoms with Crippen molar-refractivity contribution in [2.75, 3.05) is 26.2 Å². The molecule has 6 heteroatoms. The first-order chi connectivity index (χ1) is 13.9. The smallest absolute Gasteiger partial charge is 0.409 e. The average Bonchev–Trinajstić information content (AvgIpc) is 2.70. The number of nitrogens with zero attached hydrogens (tertiary/aromatic N) is 1. The fourth-order valence-corrected chi connectivity index (χ4v) is 3.93. The Morgan fingerprint density at radius 1 is 1.17 bits per heavy atom. The molecule has 1 aromatic rings. The van der Waals surface area contributed by atoms with Gasteiger partial charge in [-0.05, 0) is 31.7 Å². The molecule has 0 aromatic heterocycles. The van der Waals surface area contributed by atoms with Gasteiger partial charge in [0.15, 0.2) is 6.54 Å². The molecule has 2 rings (SSSR count). The van der Waals surface area contributed by atoms with Crippen molar-refractivity contribution in [3.63, 3.8) is 0 Å². The van der Waals surface area contributed by atoms with Crippen molar-refractivity contribution >= 4 is 12.0 Å². The molecule has 6 nitrogen and oxygen atoms in total. The van der Waals surface area contributed by atoms with E-state index in [2.05, 4.69) is 55.7 Å². The van der Waals surface area contributed by atoms with Gasteiger partial charge in [-0.1, -0.05) is 51.5 Å². The van der Waals surface area contributed by atoms with Crippen molar-refractivity contribution < 1.29 is 19.6 Å². The van der Waals surface area contributed by atoms with Crippen LogP contribution in [0.4, 0.5) is 4.79 Å². The first-order valence-electron chi connectivity index (χ1n) is 11.1. The Morgan fingerprint density at radius 2 is 1.83 bits per heavy atom. The number of ether oxygens (including phenoxy) is 1. The van der Waals surface area contributed by atoms with Gasteiger partial charge in [-0.15, -0.1) is 0 Å². The van der Waals surface area contributed by atoms with E-state index in [9.17, 15) is 9.59 Å². The molecule has 0 unspecified atom stereocenters. The maximum absolute atomic E-state index is 12.5. The summed E-state index contributed by atoms with van der Waals surface area (Å²) in [6.45, 7) is 10.5. The number of rotatable bonds is 9. The number of benzene rings is 1. The van der Waals surface area contributed by atoms with Crippen molar-refractivity contribution in [2.45, 2.75) is 65.5 Å². The van der Waals surface area contributed by atoms with Crippen LogP contribution in [0.1, 0.15) is 64.1 Å². The van der Waals surface area contributed by atoms with Gasteiger partial charge in [-0.25, -0.2) is 4.79 Å². The summed E-state index contributed by atoms with van der Waals surface area (Å²) in [5.41, 5.74) is 2.64. The lowest BCUT2D eigenvalue weighted by Crippen LogP contribution is -2.88. The largest absolute Gasteiger partial charge is 0.450 e. The molecule has 1 saturated heterocycles. The highest BCUT2D eigenvalue weighted by Gasteiger charge is 2.26. The van der Waals surface area contributed by atoms with Crippen LogP contribution in [0.15, 0.2) is 24.3 Å². The number of carbonyl (C=O) groups excluding carboxylic acids is 2. The van der Waals surface area contributed by atoms with Crippen molar-refractivity contribution in [3.8, 4) is 0 Å². The van der Waals surface area contributed by atoms with Gasteiger partial charge < -0.3 is 20.3 Å². The van der Waals surface area contributed by atoms with E-state index in [-0.39, 0.29) is 24.1 Å². The van der Waals surface area contributed by atoms with Crippen LogP contribution in [0.25, 0.3) is 0 Å². The van der Waals surface area contributed by atoms with Gasteiger partial charge in [-0.3, -0.25) is 4.79 Å². The molecule has 0 spiro atoms. The lowest BCUT2D eigenvalue weighted by molar-refractivity contribution is -0.692.